The van der Waals surface area contributed by atoms with E-state index in [1.807, 2.05) is 13.8 Å². The Kier molecular flexibility index (Phi) is 3.72. The van der Waals surface area contributed by atoms with Gasteiger partial charge in [0.2, 0.25) is 0 Å². The molecule has 0 unspecified atom stereocenters. The van der Waals surface area contributed by atoms with E-state index in [-0.39, 0.29) is 11.3 Å². The molecule has 82 valence electrons. The molecule has 0 atom stereocenters. The van der Waals surface area contributed by atoms with Gasteiger partial charge < -0.3 is 9.84 Å². The summed E-state index contributed by atoms with van der Waals surface area (Å²) in [6, 6.07) is 3.30. The second-order valence-corrected chi connectivity index (χ2v) is 3.37. The zero-order valence-corrected chi connectivity index (χ0v) is 9.33. The first-order valence-corrected chi connectivity index (χ1v) is 5.09. The number of aryl methyl sites for hydroxylation is 2. The smallest absolute Gasteiger partial charge is 0.341 e. The van der Waals surface area contributed by atoms with Gasteiger partial charge in [-0.25, -0.2) is 4.79 Å². The van der Waals surface area contributed by atoms with Crippen LogP contribution < -0.4 is 0 Å². The van der Waals surface area contributed by atoms with E-state index in [2.05, 4.69) is 0 Å². The summed E-state index contributed by atoms with van der Waals surface area (Å²) < 4.78 is 4.84. The van der Waals surface area contributed by atoms with Gasteiger partial charge in [-0.3, -0.25) is 0 Å². The number of phenolic OH excluding ortho intramolecular Hbond substituents is 1. The molecular formula is C12H16O3. The van der Waals surface area contributed by atoms with E-state index in [0.29, 0.717) is 6.61 Å². The van der Waals surface area contributed by atoms with Crippen LogP contribution in [0, 0.1) is 6.92 Å². The average Bonchev–Trinajstić information content (AvgIpc) is 2.21. The summed E-state index contributed by atoms with van der Waals surface area (Å²) in [7, 11) is 0. The summed E-state index contributed by atoms with van der Waals surface area (Å²) in [4.78, 5) is 11.4. The van der Waals surface area contributed by atoms with Gasteiger partial charge in [-0.05, 0) is 43.5 Å². The molecule has 0 spiro atoms. The van der Waals surface area contributed by atoms with Crippen LogP contribution in [0.25, 0.3) is 0 Å². The molecule has 0 aliphatic heterocycles. The maximum Gasteiger partial charge on any atom is 0.341 e. The molecule has 0 aliphatic carbocycles. The number of ether oxygens (including phenoxy) is 1. The lowest BCUT2D eigenvalue weighted by molar-refractivity contribution is 0.0523. The maximum atomic E-state index is 11.4. The van der Waals surface area contributed by atoms with Crippen molar-refractivity contribution < 1.29 is 14.6 Å². The number of carbonyl (C=O) groups is 1. The van der Waals surface area contributed by atoms with Gasteiger partial charge >= 0.3 is 5.97 Å². The van der Waals surface area contributed by atoms with Crippen molar-refractivity contribution in [2.75, 3.05) is 6.61 Å². The number of hydrogen-bond donors (Lipinski definition) is 1. The molecule has 3 nitrogen and oxygen atoms in total. The van der Waals surface area contributed by atoms with Gasteiger partial charge in [-0.15, -0.1) is 0 Å². The molecule has 0 bridgehead atoms. The molecule has 0 saturated carbocycles. The average molecular weight is 208 g/mol. The Balaban J connectivity index is 3.10. The van der Waals surface area contributed by atoms with Gasteiger partial charge in [-0.2, -0.15) is 0 Å². The molecule has 15 heavy (non-hydrogen) atoms. The van der Waals surface area contributed by atoms with E-state index in [0.717, 1.165) is 17.5 Å². The van der Waals surface area contributed by atoms with E-state index in [9.17, 15) is 9.90 Å². The lowest BCUT2D eigenvalue weighted by Gasteiger charge is -2.08. The SMILES string of the molecule is CCOC(=O)c1cc(C)c(CC)cc1O. The minimum Gasteiger partial charge on any atom is -0.507 e. The lowest BCUT2D eigenvalue weighted by atomic mass is 10.0. The van der Waals surface area contributed by atoms with Crippen molar-refractivity contribution in [3.05, 3.63) is 28.8 Å². The second kappa shape index (κ2) is 4.82. The number of benzene rings is 1. The normalized spacial score (nSPS) is 10.1. The van der Waals surface area contributed by atoms with Crippen LogP contribution in [0.3, 0.4) is 0 Å². The summed E-state index contributed by atoms with van der Waals surface area (Å²) in [6.07, 6.45) is 0.836. The molecule has 1 aromatic carbocycles. The molecule has 1 rings (SSSR count). The van der Waals surface area contributed by atoms with Crippen molar-refractivity contribution in [2.24, 2.45) is 0 Å². The van der Waals surface area contributed by atoms with Gasteiger partial charge in [0.15, 0.2) is 0 Å². The molecule has 3 heteroatoms. The molecule has 0 aromatic heterocycles. The fourth-order valence-corrected chi connectivity index (χ4v) is 1.49. The van der Waals surface area contributed by atoms with Crippen molar-refractivity contribution in [3.8, 4) is 5.75 Å². The van der Waals surface area contributed by atoms with Gasteiger partial charge in [0, 0.05) is 0 Å². The highest BCUT2D eigenvalue weighted by Gasteiger charge is 2.13. The fraction of sp³-hybridized carbons (Fsp3) is 0.417. The molecule has 0 saturated heterocycles. The molecule has 0 radical (unpaired) electrons. The largest absolute Gasteiger partial charge is 0.507 e. The quantitative estimate of drug-likeness (QED) is 0.776. The Hall–Kier alpha value is -1.51. The first-order valence-electron chi connectivity index (χ1n) is 5.09. The topological polar surface area (TPSA) is 46.5 Å². The van der Waals surface area contributed by atoms with Gasteiger partial charge in [0.25, 0.3) is 0 Å². The van der Waals surface area contributed by atoms with E-state index < -0.39 is 5.97 Å². The van der Waals surface area contributed by atoms with Gasteiger partial charge in [0.05, 0.1) is 6.61 Å². The van der Waals surface area contributed by atoms with E-state index in [4.69, 9.17) is 4.74 Å². The molecule has 0 amide bonds. The van der Waals surface area contributed by atoms with Gasteiger partial charge in [-0.1, -0.05) is 6.92 Å². The molecule has 0 heterocycles. The zero-order chi connectivity index (χ0) is 11.4. The third kappa shape index (κ3) is 2.49. The molecule has 1 N–H and O–H groups in total. The second-order valence-electron chi connectivity index (χ2n) is 3.37. The Bertz CT molecular complexity index is 369. The summed E-state index contributed by atoms with van der Waals surface area (Å²) >= 11 is 0. The van der Waals surface area contributed by atoms with Crippen LogP contribution >= 0.6 is 0 Å². The number of rotatable bonds is 3. The van der Waals surface area contributed by atoms with E-state index in [1.54, 1.807) is 19.1 Å². The number of hydrogen-bond acceptors (Lipinski definition) is 3. The van der Waals surface area contributed by atoms with Crippen molar-refractivity contribution >= 4 is 5.97 Å². The number of aromatic hydroxyl groups is 1. The summed E-state index contributed by atoms with van der Waals surface area (Å²) in [6.45, 7) is 5.97. The predicted octanol–water partition coefficient (Wildman–Crippen LogP) is 2.44. The molecule has 1 aromatic rings. The van der Waals surface area contributed by atoms with Crippen LogP contribution in [0.5, 0.6) is 5.75 Å². The number of phenols is 1. The van der Waals surface area contributed by atoms with Crippen LogP contribution in [0.4, 0.5) is 0 Å². The van der Waals surface area contributed by atoms with Crippen LogP contribution in [0.15, 0.2) is 12.1 Å². The summed E-state index contributed by atoms with van der Waals surface area (Å²) in [5, 5.41) is 9.64. The zero-order valence-electron chi connectivity index (χ0n) is 9.33. The minimum atomic E-state index is -0.472. The predicted molar refractivity (Wildman–Crippen MR) is 58.2 cm³/mol. The number of esters is 1. The number of carbonyl (C=O) groups excluding carboxylic acids is 1. The molecule has 0 aliphatic rings. The first kappa shape index (κ1) is 11.6. The van der Waals surface area contributed by atoms with Crippen LogP contribution in [0.1, 0.15) is 35.3 Å². The molecular weight excluding hydrogens is 192 g/mol. The first-order chi connectivity index (χ1) is 7.10. The highest BCUT2D eigenvalue weighted by molar-refractivity contribution is 5.92. The third-order valence-corrected chi connectivity index (χ3v) is 2.33. The van der Waals surface area contributed by atoms with Crippen LogP contribution in [-0.2, 0) is 11.2 Å². The monoisotopic (exact) mass is 208 g/mol. The fourth-order valence-electron chi connectivity index (χ4n) is 1.49. The Morgan fingerprint density at radius 2 is 2.07 bits per heavy atom. The minimum absolute atomic E-state index is 0.00380. The van der Waals surface area contributed by atoms with Crippen molar-refractivity contribution in [3.63, 3.8) is 0 Å². The Morgan fingerprint density at radius 1 is 1.40 bits per heavy atom. The van der Waals surface area contributed by atoms with Crippen LogP contribution in [0.2, 0.25) is 0 Å². The maximum absolute atomic E-state index is 11.4. The Labute approximate surface area is 89.7 Å². The van der Waals surface area contributed by atoms with Crippen molar-refractivity contribution in [2.45, 2.75) is 27.2 Å². The highest BCUT2D eigenvalue weighted by atomic mass is 16.5. The standard InChI is InChI=1S/C12H16O3/c1-4-9-7-11(13)10(6-8(9)3)12(14)15-5-2/h6-7,13H,4-5H2,1-3H3. The van der Waals surface area contributed by atoms with Crippen LogP contribution in [-0.4, -0.2) is 17.7 Å². The summed E-state index contributed by atoms with van der Waals surface area (Å²) in [5.41, 5.74) is 2.28. The van der Waals surface area contributed by atoms with Gasteiger partial charge in [0.1, 0.15) is 11.3 Å². The van der Waals surface area contributed by atoms with Crippen molar-refractivity contribution in [1.82, 2.24) is 0 Å². The summed E-state index contributed by atoms with van der Waals surface area (Å²) in [5.74, 6) is -0.475. The highest BCUT2D eigenvalue weighted by Crippen LogP contribution is 2.23. The van der Waals surface area contributed by atoms with E-state index in [1.165, 1.54) is 0 Å². The third-order valence-electron chi connectivity index (χ3n) is 2.33. The van der Waals surface area contributed by atoms with E-state index >= 15 is 0 Å². The Morgan fingerprint density at radius 3 is 2.60 bits per heavy atom. The lowest BCUT2D eigenvalue weighted by Crippen LogP contribution is -2.06. The van der Waals surface area contributed by atoms with Crippen molar-refractivity contribution in [1.29, 1.82) is 0 Å². The molecule has 0 fully saturated rings.